The van der Waals surface area contributed by atoms with E-state index < -0.39 is 5.97 Å². The molecule has 1 saturated carbocycles. The Morgan fingerprint density at radius 2 is 2.00 bits per heavy atom. The van der Waals surface area contributed by atoms with Gasteiger partial charge in [0.05, 0.1) is 0 Å². The van der Waals surface area contributed by atoms with E-state index in [9.17, 15) is 4.79 Å². The van der Waals surface area contributed by atoms with Crippen molar-refractivity contribution in [2.24, 2.45) is 17.8 Å². The van der Waals surface area contributed by atoms with E-state index in [-0.39, 0.29) is 6.04 Å². The summed E-state index contributed by atoms with van der Waals surface area (Å²) >= 11 is 0. The molecule has 1 aliphatic heterocycles. The normalized spacial score (nSPS) is 40.6. The molecule has 3 heteroatoms. The van der Waals surface area contributed by atoms with Crippen LogP contribution in [0, 0.1) is 17.8 Å². The Hall–Kier alpha value is -0.570. The minimum absolute atomic E-state index is 0.294. The molecule has 2 N–H and O–H groups in total. The monoisotopic (exact) mass is 225 g/mol. The molecule has 0 aromatic heterocycles. The molecule has 2 aliphatic rings. The molecule has 0 bridgehead atoms. The van der Waals surface area contributed by atoms with Crippen LogP contribution in [0.2, 0.25) is 0 Å². The molecular weight excluding hydrogens is 202 g/mol. The predicted molar refractivity (Wildman–Crippen MR) is 63.3 cm³/mol. The summed E-state index contributed by atoms with van der Waals surface area (Å²) in [4.78, 5) is 10.8. The first-order valence-corrected chi connectivity index (χ1v) is 6.63. The van der Waals surface area contributed by atoms with Gasteiger partial charge in [-0.05, 0) is 43.6 Å². The lowest BCUT2D eigenvalue weighted by Crippen LogP contribution is -2.46. The van der Waals surface area contributed by atoms with Gasteiger partial charge in [-0.2, -0.15) is 0 Å². The van der Waals surface area contributed by atoms with Crippen LogP contribution >= 0.6 is 0 Å². The van der Waals surface area contributed by atoms with Crippen LogP contribution in [0.3, 0.4) is 0 Å². The van der Waals surface area contributed by atoms with Crippen LogP contribution in [0.5, 0.6) is 0 Å². The highest BCUT2D eigenvalue weighted by Gasteiger charge is 2.31. The summed E-state index contributed by atoms with van der Waals surface area (Å²) in [5.74, 6) is 1.75. The Labute approximate surface area is 97.6 Å². The second kappa shape index (κ2) is 5.17. The molecule has 2 fully saturated rings. The zero-order chi connectivity index (χ0) is 11.5. The largest absolute Gasteiger partial charge is 0.480 e. The second-order valence-corrected chi connectivity index (χ2v) is 5.67. The van der Waals surface area contributed by atoms with Gasteiger partial charge in [0.1, 0.15) is 6.04 Å². The fourth-order valence-corrected chi connectivity index (χ4v) is 3.40. The van der Waals surface area contributed by atoms with Crippen molar-refractivity contribution in [1.29, 1.82) is 0 Å². The van der Waals surface area contributed by atoms with Crippen LogP contribution in [-0.2, 0) is 4.79 Å². The number of aliphatic carboxylic acids is 1. The molecule has 1 heterocycles. The number of carboxylic acid groups (broad SMARTS) is 1. The van der Waals surface area contributed by atoms with Gasteiger partial charge in [-0.3, -0.25) is 4.79 Å². The molecule has 1 aliphatic carbocycles. The van der Waals surface area contributed by atoms with E-state index in [1.165, 1.54) is 25.7 Å². The van der Waals surface area contributed by atoms with Crippen molar-refractivity contribution < 1.29 is 9.90 Å². The predicted octanol–water partition coefficient (Wildman–Crippen LogP) is 2.27. The van der Waals surface area contributed by atoms with Crippen LogP contribution in [0.15, 0.2) is 0 Å². The molecule has 16 heavy (non-hydrogen) atoms. The third-order valence-electron chi connectivity index (χ3n) is 4.39. The van der Waals surface area contributed by atoms with Gasteiger partial charge in [-0.25, -0.2) is 0 Å². The summed E-state index contributed by atoms with van der Waals surface area (Å²) in [5.41, 5.74) is 0. The summed E-state index contributed by atoms with van der Waals surface area (Å²) in [6, 6.07) is -0.294. The standard InChI is InChI=1S/C13H23NO2/c1-9-3-2-4-10(7-9)11-5-6-12(13(15)16)14-8-11/h9-12,14H,2-8H2,1H3,(H,15,16). The fourth-order valence-electron chi connectivity index (χ4n) is 3.40. The van der Waals surface area contributed by atoms with Crippen LogP contribution in [0.4, 0.5) is 0 Å². The lowest BCUT2D eigenvalue weighted by Gasteiger charge is -2.37. The number of hydrogen-bond donors (Lipinski definition) is 2. The van der Waals surface area contributed by atoms with Crippen molar-refractivity contribution in [3.05, 3.63) is 0 Å². The Kier molecular flexibility index (Phi) is 3.85. The van der Waals surface area contributed by atoms with E-state index in [2.05, 4.69) is 12.2 Å². The average Bonchev–Trinajstić information content (AvgIpc) is 2.29. The first kappa shape index (κ1) is 11.9. The molecule has 0 aromatic rings. The molecule has 0 amide bonds. The molecule has 0 spiro atoms. The SMILES string of the molecule is CC1CCCC(C2CCC(C(=O)O)NC2)C1. The van der Waals surface area contributed by atoms with Crippen molar-refractivity contribution >= 4 is 5.97 Å². The number of nitrogens with one attached hydrogen (secondary N) is 1. The molecule has 2 rings (SSSR count). The van der Waals surface area contributed by atoms with Gasteiger partial charge in [-0.15, -0.1) is 0 Å². The minimum Gasteiger partial charge on any atom is -0.480 e. The lowest BCUT2D eigenvalue weighted by molar-refractivity contribution is -0.140. The van der Waals surface area contributed by atoms with Gasteiger partial charge >= 0.3 is 5.97 Å². The second-order valence-electron chi connectivity index (χ2n) is 5.67. The van der Waals surface area contributed by atoms with Crippen molar-refractivity contribution in [3.63, 3.8) is 0 Å². The first-order chi connectivity index (χ1) is 7.66. The molecule has 0 aromatic carbocycles. The van der Waals surface area contributed by atoms with Gasteiger partial charge in [0.15, 0.2) is 0 Å². The maximum Gasteiger partial charge on any atom is 0.320 e. The van der Waals surface area contributed by atoms with Gasteiger partial charge < -0.3 is 10.4 Å². The summed E-state index contributed by atoms with van der Waals surface area (Å²) < 4.78 is 0. The molecular formula is C13H23NO2. The highest BCUT2D eigenvalue weighted by molar-refractivity contribution is 5.73. The number of carboxylic acids is 1. The summed E-state index contributed by atoms with van der Waals surface area (Å²) in [5, 5.41) is 12.1. The van der Waals surface area contributed by atoms with E-state index in [4.69, 9.17) is 5.11 Å². The van der Waals surface area contributed by atoms with Crippen LogP contribution in [-0.4, -0.2) is 23.7 Å². The van der Waals surface area contributed by atoms with Gasteiger partial charge in [-0.1, -0.05) is 26.2 Å². The van der Waals surface area contributed by atoms with E-state index in [0.29, 0.717) is 0 Å². The zero-order valence-corrected chi connectivity index (χ0v) is 10.1. The minimum atomic E-state index is -0.685. The Balaban J connectivity index is 1.81. The van der Waals surface area contributed by atoms with Gasteiger partial charge in [0, 0.05) is 0 Å². The summed E-state index contributed by atoms with van der Waals surface area (Å²) in [7, 11) is 0. The third-order valence-corrected chi connectivity index (χ3v) is 4.39. The Morgan fingerprint density at radius 3 is 2.56 bits per heavy atom. The quantitative estimate of drug-likeness (QED) is 0.758. The maximum absolute atomic E-state index is 10.8. The number of piperidine rings is 1. The molecule has 4 atom stereocenters. The average molecular weight is 225 g/mol. The van der Waals surface area contributed by atoms with Crippen molar-refractivity contribution in [2.45, 2.75) is 51.5 Å². The van der Waals surface area contributed by atoms with Crippen molar-refractivity contribution in [3.8, 4) is 0 Å². The topological polar surface area (TPSA) is 49.3 Å². The maximum atomic E-state index is 10.8. The fraction of sp³-hybridized carbons (Fsp3) is 0.923. The van der Waals surface area contributed by atoms with Crippen molar-refractivity contribution in [2.75, 3.05) is 6.54 Å². The highest BCUT2D eigenvalue weighted by atomic mass is 16.4. The lowest BCUT2D eigenvalue weighted by atomic mass is 9.73. The molecule has 4 unspecified atom stereocenters. The summed E-state index contributed by atoms with van der Waals surface area (Å²) in [6.45, 7) is 3.26. The zero-order valence-electron chi connectivity index (χ0n) is 10.1. The van der Waals surface area contributed by atoms with Gasteiger partial charge in [0.2, 0.25) is 0 Å². The van der Waals surface area contributed by atoms with Crippen LogP contribution in [0.1, 0.15) is 45.4 Å². The van der Waals surface area contributed by atoms with Crippen LogP contribution < -0.4 is 5.32 Å². The van der Waals surface area contributed by atoms with Gasteiger partial charge in [0.25, 0.3) is 0 Å². The molecule has 92 valence electrons. The summed E-state index contributed by atoms with van der Waals surface area (Å²) in [6.07, 6.45) is 7.36. The highest BCUT2D eigenvalue weighted by Crippen LogP contribution is 2.36. The molecule has 3 nitrogen and oxygen atoms in total. The van der Waals surface area contributed by atoms with Crippen LogP contribution in [0.25, 0.3) is 0 Å². The van der Waals surface area contributed by atoms with E-state index in [1.807, 2.05) is 0 Å². The van der Waals surface area contributed by atoms with E-state index >= 15 is 0 Å². The third kappa shape index (κ3) is 2.76. The molecule has 0 radical (unpaired) electrons. The van der Waals surface area contributed by atoms with E-state index in [1.54, 1.807) is 0 Å². The number of rotatable bonds is 2. The number of hydrogen-bond acceptors (Lipinski definition) is 2. The smallest absolute Gasteiger partial charge is 0.320 e. The first-order valence-electron chi connectivity index (χ1n) is 6.63. The molecule has 1 saturated heterocycles. The van der Waals surface area contributed by atoms with Crippen molar-refractivity contribution in [1.82, 2.24) is 5.32 Å². The Bertz CT molecular complexity index is 246. The van der Waals surface area contributed by atoms with E-state index in [0.717, 1.165) is 37.1 Å². The Morgan fingerprint density at radius 1 is 1.19 bits per heavy atom. The number of carbonyl (C=O) groups is 1.